The fourth-order valence-electron chi connectivity index (χ4n) is 1.48. The fraction of sp³-hybridized carbons (Fsp3) is 0.444. The number of hydrogen-bond donors (Lipinski definition) is 2. The molecule has 0 aromatic heterocycles. The first kappa shape index (κ1) is 9.70. The third-order valence-corrected chi connectivity index (χ3v) is 2.58. The Morgan fingerprint density at radius 1 is 1.33 bits per heavy atom. The van der Waals surface area contributed by atoms with E-state index in [1.165, 1.54) is 7.05 Å². The zero-order valence-corrected chi connectivity index (χ0v) is 8.79. The van der Waals surface area contributed by atoms with Crippen LogP contribution in [0.1, 0.15) is 13.8 Å². The Kier molecular flexibility index (Phi) is 1.99. The van der Waals surface area contributed by atoms with E-state index in [1.54, 1.807) is 0 Å². The summed E-state index contributed by atoms with van der Waals surface area (Å²) >= 11 is 0. The predicted molar refractivity (Wildman–Crippen MR) is 54.0 cm³/mol. The van der Waals surface area contributed by atoms with Crippen LogP contribution in [0.5, 0.6) is 0 Å². The number of nitrogens with zero attached hydrogens (tertiary/aromatic N) is 2. The standard InChI is InChI=1S/C9H12N4O2/c1-4-5(2)11-7-6(10-4)8(14)13(3)9(15)12-7/h6,10H,1-3H3,(H,11,12,15). The minimum atomic E-state index is -0.559. The largest absolute Gasteiger partial charge is 0.370 e. The summed E-state index contributed by atoms with van der Waals surface area (Å²) in [6, 6.07) is -0.999. The number of imide groups is 1. The summed E-state index contributed by atoms with van der Waals surface area (Å²) in [4.78, 5) is 28.3. The lowest BCUT2D eigenvalue weighted by atomic mass is 10.1. The Morgan fingerprint density at radius 2 is 2.00 bits per heavy atom. The van der Waals surface area contributed by atoms with Gasteiger partial charge in [0.1, 0.15) is 5.84 Å². The van der Waals surface area contributed by atoms with Gasteiger partial charge in [-0.1, -0.05) is 0 Å². The number of urea groups is 1. The van der Waals surface area contributed by atoms with Crippen LogP contribution in [0.25, 0.3) is 0 Å². The molecule has 0 aromatic rings. The van der Waals surface area contributed by atoms with Crippen LogP contribution in [0, 0.1) is 0 Å². The van der Waals surface area contributed by atoms with Gasteiger partial charge in [-0.25, -0.2) is 9.79 Å². The average molecular weight is 208 g/mol. The molecule has 1 fully saturated rings. The molecule has 15 heavy (non-hydrogen) atoms. The third kappa shape index (κ3) is 1.38. The van der Waals surface area contributed by atoms with Crippen LogP contribution < -0.4 is 10.6 Å². The molecule has 2 aliphatic rings. The number of hydrogen-bond acceptors (Lipinski definition) is 4. The molecule has 1 unspecified atom stereocenters. The number of rotatable bonds is 0. The van der Waals surface area contributed by atoms with E-state index in [9.17, 15) is 9.59 Å². The molecule has 0 saturated carbocycles. The van der Waals surface area contributed by atoms with Crippen molar-refractivity contribution >= 4 is 17.8 Å². The lowest BCUT2D eigenvalue weighted by Gasteiger charge is -2.33. The number of amidine groups is 1. The number of likely N-dealkylation sites (N-methyl/N-ethyl adjacent to an activating group) is 1. The van der Waals surface area contributed by atoms with E-state index in [0.29, 0.717) is 5.84 Å². The van der Waals surface area contributed by atoms with Crippen LogP contribution in [-0.2, 0) is 4.79 Å². The molecule has 0 radical (unpaired) electrons. The normalized spacial score (nSPS) is 25.7. The highest BCUT2D eigenvalue weighted by atomic mass is 16.2. The van der Waals surface area contributed by atoms with Crippen molar-refractivity contribution in [3.8, 4) is 0 Å². The maximum absolute atomic E-state index is 11.7. The highest BCUT2D eigenvalue weighted by Crippen LogP contribution is 2.14. The molecule has 2 heterocycles. The maximum atomic E-state index is 11.7. The number of aliphatic imine (C=N–C) groups is 1. The van der Waals surface area contributed by atoms with Gasteiger partial charge in [-0.05, 0) is 13.8 Å². The predicted octanol–water partition coefficient (Wildman–Crippen LogP) is -0.210. The molecule has 1 saturated heterocycles. The van der Waals surface area contributed by atoms with Gasteiger partial charge in [-0.2, -0.15) is 0 Å². The first-order valence-corrected chi connectivity index (χ1v) is 4.62. The van der Waals surface area contributed by atoms with E-state index in [-0.39, 0.29) is 5.91 Å². The van der Waals surface area contributed by atoms with E-state index in [1.807, 2.05) is 13.8 Å². The first-order valence-electron chi connectivity index (χ1n) is 4.62. The molecule has 6 heteroatoms. The van der Waals surface area contributed by atoms with Gasteiger partial charge < -0.3 is 5.32 Å². The van der Waals surface area contributed by atoms with Crippen LogP contribution in [-0.4, -0.2) is 35.8 Å². The van der Waals surface area contributed by atoms with Crippen molar-refractivity contribution in [2.24, 2.45) is 4.99 Å². The second kappa shape index (κ2) is 3.08. The van der Waals surface area contributed by atoms with Crippen molar-refractivity contribution in [2.75, 3.05) is 7.05 Å². The van der Waals surface area contributed by atoms with Gasteiger partial charge in [0, 0.05) is 12.7 Å². The number of nitrogens with one attached hydrogen (secondary N) is 2. The van der Waals surface area contributed by atoms with Gasteiger partial charge in [0.2, 0.25) is 0 Å². The van der Waals surface area contributed by atoms with Gasteiger partial charge in [-0.3, -0.25) is 15.0 Å². The molecule has 2 N–H and O–H groups in total. The smallest absolute Gasteiger partial charge is 0.329 e. The highest BCUT2D eigenvalue weighted by molar-refractivity contribution is 6.21. The zero-order chi connectivity index (χ0) is 11.2. The summed E-state index contributed by atoms with van der Waals surface area (Å²) in [5, 5.41) is 5.58. The molecule has 1 atom stereocenters. The third-order valence-electron chi connectivity index (χ3n) is 2.58. The summed E-state index contributed by atoms with van der Waals surface area (Å²) < 4.78 is 0. The Morgan fingerprint density at radius 3 is 2.67 bits per heavy atom. The molecular weight excluding hydrogens is 196 g/mol. The summed E-state index contributed by atoms with van der Waals surface area (Å²) in [6.45, 7) is 3.67. The Bertz CT molecular complexity index is 410. The van der Waals surface area contributed by atoms with Crippen LogP contribution >= 0.6 is 0 Å². The number of carbonyl (C=O) groups is 2. The topological polar surface area (TPSA) is 73.8 Å². The van der Waals surface area contributed by atoms with E-state index in [0.717, 1.165) is 16.3 Å². The van der Waals surface area contributed by atoms with E-state index in [2.05, 4.69) is 15.6 Å². The molecule has 80 valence electrons. The van der Waals surface area contributed by atoms with Crippen LogP contribution in [0.4, 0.5) is 4.79 Å². The van der Waals surface area contributed by atoms with Crippen molar-refractivity contribution in [1.82, 2.24) is 15.5 Å². The second-order valence-corrected chi connectivity index (χ2v) is 3.61. The fourth-order valence-corrected chi connectivity index (χ4v) is 1.48. The minimum Gasteiger partial charge on any atom is -0.370 e. The van der Waals surface area contributed by atoms with E-state index >= 15 is 0 Å². The Hall–Kier alpha value is -1.85. The van der Waals surface area contributed by atoms with Crippen molar-refractivity contribution in [3.05, 3.63) is 11.4 Å². The molecule has 2 aliphatic heterocycles. The van der Waals surface area contributed by atoms with Gasteiger partial charge >= 0.3 is 6.03 Å². The SMILES string of the molecule is CC1=C(C)NC2C(=O)N(C)C(=O)NC2=N1. The first-order chi connectivity index (χ1) is 7.00. The summed E-state index contributed by atoms with van der Waals surface area (Å²) in [5.74, 6) is 0.0931. The lowest BCUT2D eigenvalue weighted by Crippen LogP contribution is -2.64. The van der Waals surface area contributed by atoms with Gasteiger partial charge in [-0.15, -0.1) is 0 Å². The quantitative estimate of drug-likeness (QED) is 0.578. The van der Waals surface area contributed by atoms with Crippen molar-refractivity contribution < 1.29 is 9.59 Å². The molecular formula is C9H12N4O2. The van der Waals surface area contributed by atoms with Gasteiger partial charge in [0.05, 0.1) is 5.70 Å². The van der Waals surface area contributed by atoms with Crippen LogP contribution in [0.15, 0.2) is 16.4 Å². The molecule has 0 aromatic carbocycles. The summed E-state index contributed by atoms with van der Waals surface area (Å²) in [7, 11) is 1.44. The molecule has 0 aliphatic carbocycles. The van der Waals surface area contributed by atoms with E-state index in [4.69, 9.17) is 0 Å². The Labute approximate surface area is 87.0 Å². The van der Waals surface area contributed by atoms with Crippen molar-refractivity contribution in [3.63, 3.8) is 0 Å². The van der Waals surface area contributed by atoms with Crippen LogP contribution in [0.3, 0.4) is 0 Å². The molecule has 2 rings (SSSR count). The molecule has 0 spiro atoms. The number of carbonyl (C=O) groups excluding carboxylic acids is 2. The molecule has 6 nitrogen and oxygen atoms in total. The summed E-state index contributed by atoms with van der Waals surface area (Å²) in [5.41, 5.74) is 1.63. The van der Waals surface area contributed by atoms with Gasteiger partial charge in [0.15, 0.2) is 6.04 Å². The monoisotopic (exact) mass is 208 g/mol. The van der Waals surface area contributed by atoms with E-state index < -0.39 is 12.1 Å². The van der Waals surface area contributed by atoms with Crippen molar-refractivity contribution in [2.45, 2.75) is 19.9 Å². The summed E-state index contributed by atoms with van der Waals surface area (Å²) in [6.07, 6.45) is 0. The number of fused-ring (bicyclic) bond motifs is 1. The van der Waals surface area contributed by atoms with Gasteiger partial charge in [0.25, 0.3) is 5.91 Å². The minimum absolute atomic E-state index is 0.288. The maximum Gasteiger partial charge on any atom is 0.329 e. The lowest BCUT2D eigenvalue weighted by molar-refractivity contribution is -0.128. The van der Waals surface area contributed by atoms with Crippen LogP contribution in [0.2, 0.25) is 0 Å². The second-order valence-electron chi connectivity index (χ2n) is 3.61. The molecule has 3 amide bonds. The highest BCUT2D eigenvalue weighted by Gasteiger charge is 2.38. The number of amides is 3. The Balaban J connectivity index is 2.38. The van der Waals surface area contributed by atoms with Crippen molar-refractivity contribution in [1.29, 1.82) is 0 Å². The zero-order valence-electron chi connectivity index (χ0n) is 8.79. The molecule has 0 bridgehead atoms. The average Bonchev–Trinajstić information content (AvgIpc) is 2.19. The number of allylic oxidation sites excluding steroid dienone is 2.